The van der Waals surface area contributed by atoms with Crippen LogP contribution in [0.15, 0.2) is 16.6 Å². The third-order valence-electron chi connectivity index (χ3n) is 2.66. The van der Waals surface area contributed by atoms with Gasteiger partial charge < -0.3 is 5.32 Å². The highest BCUT2D eigenvalue weighted by molar-refractivity contribution is 9.10. The fourth-order valence-electron chi connectivity index (χ4n) is 1.37. The molecule has 2 rings (SSSR count). The van der Waals surface area contributed by atoms with Crippen molar-refractivity contribution in [3.05, 3.63) is 28.2 Å². The molecule has 17 heavy (non-hydrogen) atoms. The molecule has 0 spiro atoms. The first-order valence-electron chi connectivity index (χ1n) is 4.86. The zero-order valence-electron chi connectivity index (χ0n) is 8.56. The van der Waals surface area contributed by atoms with E-state index in [0.29, 0.717) is 18.9 Å². The molecule has 0 unspecified atom stereocenters. The van der Waals surface area contributed by atoms with Gasteiger partial charge in [0.2, 0.25) is 5.91 Å². The van der Waals surface area contributed by atoms with Gasteiger partial charge in [0.15, 0.2) is 0 Å². The molecule has 0 bridgehead atoms. The molecule has 3 nitrogen and oxygen atoms in total. The highest BCUT2D eigenvalue weighted by Gasteiger charge is 2.50. The van der Waals surface area contributed by atoms with E-state index in [1.807, 2.05) is 6.07 Å². The number of benzene rings is 1. The van der Waals surface area contributed by atoms with Gasteiger partial charge in [-0.05, 0) is 34.8 Å². The van der Waals surface area contributed by atoms with Crippen molar-refractivity contribution in [1.82, 2.24) is 0 Å². The number of nitriles is 1. The Morgan fingerprint density at radius 3 is 2.59 bits per heavy atom. The van der Waals surface area contributed by atoms with Crippen LogP contribution >= 0.6 is 15.9 Å². The van der Waals surface area contributed by atoms with Crippen LogP contribution in [-0.2, 0) is 4.79 Å². The van der Waals surface area contributed by atoms with Gasteiger partial charge in [0, 0.05) is 6.07 Å². The van der Waals surface area contributed by atoms with Gasteiger partial charge in [0.05, 0.1) is 16.2 Å². The normalized spacial score (nSPS) is 16.1. The van der Waals surface area contributed by atoms with E-state index in [2.05, 4.69) is 21.2 Å². The molecule has 0 saturated heterocycles. The van der Waals surface area contributed by atoms with Crippen LogP contribution in [0.3, 0.4) is 0 Å². The molecule has 0 atom stereocenters. The van der Waals surface area contributed by atoms with E-state index in [0.717, 1.165) is 6.07 Å². The summed E-state index contributed by atoms with van der Waals surface area (Å²) >= 11 is 2.90. The molecule has 1 N–H and O–H groups in total. The Morgan fingerprint density at radius 2 is 2.06 bits per heavy atom. The summed E-state index contributed by atoms with van der Waals surface area (Å²) < 4.78 is 26.4. The first-order valence-corrected chi connectivity index (χ1v) is 5.65. The Labute approximate surface area is 105 Å². The quantitative estimate of drug-likeness (QED) is 0.854. The van der Waals surface area contributed by atoms with E-state index in [1.165, 1.54) is 0 Å². The zero-order valence-corrected chi connectivity index (χ0v) is 10.1. The molecule has 0 radical (unpaired) electrons. The number of amides is 1. The highest BCUT2D eigenvalue weighted by Crippen LogP contribution is 2.45. The van der Waals surface area contributed by atoms with Gasteiger partial charge in [-0.1, -0.05) is 0 Å². The van der Waals surface area contributed by atoms with Crippen LogP contribution < -0.4 is 5.32 Å². The van der Waals surface area contributed by atoms with Crippen LogP contribution in [-0.4, -0.2) is 5.91 Å². The average Bonchev–Trinajstić information content (AvgIpc) is 3.06. The lowest BCUT2D eigenvalue weighted by Gasteiger charge is -2.09. The lowest BCUT2D eigenvalue weighted by molar-refractivity contribution is -0.119. The van der Waals surface area contributed by atoms with E-state index in [-0.39, 0.29) is 10.2 Å². The smallest absolute Gasteiger partial charge is 0.244 e. The van der Waals surface area contributed by atoms with Crippen molar-refractivity contribution in [3.8, 4) is 6.07 Å². The van der Waals surface area contributed by atoms with Crippen LogP contribution in [0.25, 0.3) is 0 Å². The number of hydrogen-bond donors (Lipinski definition) is 1. The van der Waals surface area contributed by atoms with Gasteiger partial charge >= 0.3 is 0 Å². The minimum absolute atomic E-state index is 0.0519. The van der Waals surface area contributed by atoms with Gasteiger partial charge in [-0.15, -0.1) is 0 Å². The number of hydrogen-bond acceptors (Lipinski definition) is 2. The summed E-state index contributed by atoms with van der Waals surface area (Å²) in [6.45, 7) is 0. The fraction of sp³-hybridized carbons (Fsp3) is 0.273. The van der Waals surface area contributed by atoms with Crippen LogP contribution in [0.2, 0.25) is 0 Å². The molecule has 0 heterocycles. The molecule has 1 aromatic carbocycles. The van der Waals surface area contributed by atoms with Gasteiger partial charge in [-0.3, -0.25) is 4.79 Å². The van der Waals surface area contributed by atoms with Crippen LogP contribution in [0, 0.1) is 28.4 Å². The molecule has 1 amide bonds. The molecule has 0 aromatic heterocycles. The first kappa shape index (κ1) is 12.0. The number of nitrogens with one attached hydrogen (secondary N) is 1. The van der Waals surface area contributed by atoms with Gasteiger partial charge in [-0.2, -0.15) is 5.26 Å². The summed E-state index contributed by atoms with van der Waals surface area (Å²) in [5, 5.41) is 11.1. The average molecular weight is 301 g/mol. The number of halogens is 3. The Kier molecular flexibility index (Phi) is 2.87. The number of carbonyl (C=O) groups excluding carboxylic acids is 1. The topological polar surface area (TPSA) is 52.9 Å². The zero-order chi connectivity index (χ0) is 12.6. The van der Waals surface area contributed by atoms with Crippen molar-refractivity contribution in [2.45, 2.75) is 12.8 Å². The number of rotatable bonds is 2. The lowest BCUT2D eigenvalue weighted by Crippen LogP contribution is -2.23. The molecule has 1 fully saturated rings. The molecule has 6 heteroatoms. The summed E-state index contributed by atoms with van der Waals surface area (Å²) in [7, 11) is 0. The largest absolute Gasteiger partial charge is 0.322 e. The maximum atomic E-state index is 13.3. The van der Waals surface area contributed by atoms with Gasteiger partial charge in [0.25, 0.3) is 0 Å². The first-order chi connectivity index (χ1) is 7.98. The van der Waals surface area contributed by atoms with E-state index in [9.17, 15) is 13.6 Å². The molecule has 1 aromatic rings. The molecule has 1 aliphatic carbocycles. The second-order valence-corrected chi connectivity index (χ2v) is 4.75. The molecule has 1 saturated carbocycles. The van der Waals surface area contributed by atoms with E-state index in [4.69, 9.17) is 5.26 Å². The summed E-state index contributed by atoms with van der Waals surface area (Å²) in [5.74, 6) is -2.16. The van der Waals surface area contributed by atoms with Gasteiger partial charge in [-0.25, -0.2) is 8.78 Å². The predicted octanol–water partition coefficient (Wildman–Crippen LogP) is 2.97. The Morgan fingerprint density at radius 1 is 1.41 bits per heavy atom. The maximum Gasteiger partial charge on any atom is 0.244 e. The van der Waals surface area contributed by atoms with E-state index < -0.39 is 23.0 Å². The second-order valence-electron chi connectivity index (χ2n) is 3.89. The van der Waals surface area contributed by atoms with E-state index in [1.54, 1.807) is 0 Å². The van der Waals surface area contributed by atoms with E-state index >= 15 is 0 Å². The van der Waals surface area contributed by atoms with Crippen LogP contribution in [0.4, 0.5) is 14.5 Å². The summed E-state index contributed by atoms with van der Waals surface area (Å²) in [4.78, 5) is 11.7. The van der Waals surface area contributed by atoms with Crippen molar-refractivity contribution in [2.75, 3.05) is 5.32 Å². The lowest BCUT2D eigenvalue weighted by atomic mass is 10.1. The Bertz CT molecular complexity index is 535. The second kappa shape index (κ2) is 4.08. The maximum absolute atomic E-state index is 13.3. The minimum atomic E-state index is -1.03. The highest BCUT2D eigenvalue weighted by atomic mass is 79.9. The fourth-order valence-corrected chi connectivity index (χ4v) is 1.72. The Hall–Kier alpha value is -1.48. The standard InChI is InChI=1S/C11H7BrF2N2O/c12-6-3-9(8(14)4-7(6)13)16-10(17)11(5-15)1-2-11/h3-4H,1-2H2,(H,16,17). The number of nitrogens with zero attached hydrogens (tertiary/aromatic N) is 1. The molecular formula is C11H7BrF2N2O. The van der Waals surface area contributed by atoms with Crippen molar-refractivity contribution in [1.29, 1.82) is 5.26 Å². The monoisotopic (exact) mass is 300 g/mol. The van der Waals surface area contributed by atoms with Crippen molar-refractivity contribution in [2.24, 2.45) is 5.41 Å². The van der Waals surface area contributed by atoms with Crippen molar-refractivity contribution < 1.29 is 13.6 Å². The van der Waals surface area contributed by atoms with Crippen LogP contribution in [0.1, 0.15) is 12.8 Å². The SMILES string of the molecule is N#CC1(C(=O)Nc2cc(Br)c(F)cc2F)CC1. The van der Waals surface area contributed by atoms with Crippen LogP contribution in [0.5, 0.6) is 0 Å². The third kappa shape index (κ3) is 2.15. The molecule has 0 aliphatic heterocycles. The minimum Gasteiger partial charge on any atom is -0.322 e. The van der Waals surface area contributed by atoms with Crippen molar-refractivity contribution >= 4 is 27.5 Å². The summed E-state index contributed by atoms with van der Waals surface area (Å²) in [6, 6.07) is 3.70. The predicted molar refractivity (Wildman–Crippen MR) is 60.0 cm³/mol. The molecule has 88 valence electrons. The van der Waals surface area contributed by atoms with Crippen molar-refractivity contribution in [3.63, 3.8) is 0 Å². The summed E-state index contributed by atoms with van der Waals surface area (Å²) in [5.41, 5.74) is -1.17. The molecular weight excluding hydrogens is 294 g/mol. The number of carbonyl (C=O) groups is 1. The number of anilines is 1. The third-order valence-corrected chi connectivity index (χ3v) is 3.26. The molecule has 1 aliphatic rings. The Balaban J connectivity index is 2.23. The van der Waals surface area contributed by atoms with Gasteiger partial charge in [0.1, 0.15) is 17.0 Å². The summed E-state index contributed by atoms with van der Waals surface area (Å²) in [6.07, 6.45) is 0.943.